The minimum absolute atomic E-state index is 0.339. The summed E-state index contributed by atoms with van der Waals surface area (Å²) in [7, 11) is 1.86. The maximum Gasteiger partial charge on any atom is 0.352 e. The fourth-order valence-electron chi connectivity index (χ4n) is 5.87. The SMILES string of the molecule is Cn1c(C(=O)O)c(CCCOc2cccc3ccccc23)c2cccc(-c3ccccc3N3CCOCC3)c21. The Bertz CT molecular complexity index is 1640. The second-order valence-corrected chi connectivity index (χ2v) is 9.94. The second kappa shape index (κ2) is 10.8. The Morgan fingerprint density at radius 1 is 0.872 bits per heavy atom. The number of aryl methyl sites for hydroxylation is 2. The van der Waals surface area contributed by atoms with Crippen LogP contribution in [0.25, 0.3) is 32.8 Å². The molecule has 0 bridgehead atoms. The molecule has 6 nitrogen and oxygen atoms in total. The van der Waals surface area contributed by atoms with Crippen molar-refractivity contribution in [1.82, 2.24) is 4.57 Å². The highest BCUT2D eigenvalue weighted by molar-refractivity contribution is 6.05. The van der Waals surface area contributed by atoms with E-state index in [9.17, 15) is 9.90 Å². The molecular formula is C33H32N2O4. The molecule has 5 aromatic rings. The van der Waals surface area contributed by atoms with Crippen molar-refractivity contribution in [3.8, 4) is 16.9 Å². The number of carboxylic acids is 1. The summed E-state index contributed by atoms with van der Waals surface area (Å²) in [5.74, 6) is -0.0578. The van der Waals surface area contributed by atoms with Crippen LogP contribution in [0.1, 0.15) is 22.5 Å². The lowest BCUT2D eigenvalue weighted by atomic mass is 9.98. The minimum Gasteiger partial charge on any atom is -0.493 e. The predicted octanol–water partition coefficient (Wildman–Crippen LogP) is 6.54. The van der Waals surface area contributed by atoms with Gasteiger partial charge in [0.2, 0.25) is 0 Å². The van der Waals surface area contributed by atoms with Crippen LogP contribution >= 0.6 is 0 Å². The summed E-state index contributed by atoms with van der Waals surface area (Å²) >= 11 is 0. The number of morpholine rings is 1. The molecule has 0 atom stereocenters. The third-order valence-electron chi connectivity index (χ3n) is 7.64. The van der Waals surface area contributed by atoms with E-state index in [2.05, 4.69) is 47.4 Å². The topological polar surface area (TPSA) is 63.9 Å². The van der Waals surface area contributed by atoms with E-state index in [1.165, 1.54) is 0 Å². The van der Waals surface area contributed by atoms with Crippen molar-refractivity contribution in [3.63, 3.8) is 0 Å². The Morgan fingerprint density at radius 2 is 1.56 bits per heavy atom. The van der Waals surface area contributed by atoms with Crippen LogP contribution < -0.4 is 9.64 Å². The molecule has 1 N–H and O–H groups in total. The number of aromatic carboxylic acids is 1. The van der Waals surface area contributed by atoms with Gasteiger partial charge in [0, 0.05) is 47.7 Å². The molecule has 1 saturated heterocycles. The molecule has 4 aromatic carbocycles. The third kappa shape index (κ3) is 4.72. The number of ether oxygens (including phenoxy) is 2. The molecule has 6 rings (SSSR count). The van der Waals surface area contributed by atoms with Crippen LogP contribution in [0.15, 0.2) is 84.9 Å². The Labute approximate surface area is 228 Å². The molecule has 39 heavy (non-hydrogen) atoms. The van der Waals surface area contributed by atoms with Crippen LogP contribution in [0.5, 0.6) is 5.75 Å². The molecule has 0 radical (unpaired) electrons. The van der Waals surface area contributed by atoms with Crippen molar-refractivity contribution in [2.75, 3.05) is 37.8 Å². The summed E-state index contributed by atoms with van der Waals surface area (Å²) in [5.41, 5.74) is 5.43. The van der Waals surface area contributed by atoms with Crippen molar-refractivity contribution in [2.45, 2.75) is 12.8 Å². The molecule has 1 aliphatic rings. The van der Waals surface area contributed by atoms with E-state index in [0.717, 1.165) is 62.9 Å². The molecule has 198 valence electrons. The fraction of sp³-hybridized carbons (Fsp3) is 0.242. The van der Waals surface area contributed by atoms with E-state index in [4.69, 9.17) is 9.47 Å². The highest BCUT2D eigenvalue weighted by atomic mass is 16.5. The van der Waals surface area contributed by atoms with Gasteiger partial charge in [0.05, 0.1) is 25.3 Å². The molecule has 0 aliphatic carbocycles. The summed E-state index contributed by atoms with van der Waals surface area (Å²) in [6, 6.07) is 28.8. The zero-order chi connectivity index (χ0) is 26.8. The number of para-hydroxylation sites is 2. The van der Waals surface area contributed by atoms with Crippen LogP contribution in [0, 0.1) is 0 Å². The lowest BCUT2D eigenvalue weighted by Gasteiger charge is -2.30. The number of anilines is 1. The lowest BCUT2D eigenvalue weighted by molar-refractivity contribution is 0.0685. The number of rotatable bonds is 8. The number of hydrogen-bond donors (Lipinski definition) is 1. The third-order valence-corrected chi connectivity index (χ3v) is 7.64. The fourth-order valence-corrected chi connectivity index (χ4v) is 5.87. The van der Waals surface area contributed by atoms with Gasteiger partial charge in [-0.15, -0.1) is 0 Å². The standard InChI is InChI=1S/C33H32N2O4/c1-34-31-26(25-12-4-5-16-29(25)35-18-21-38-22-19-35)13-7-14-27(31)28(32(34)33(36)37)15-8-20-39-30-17-6-10-23-9-2-3-11-24(23)30/h2-7,9-14,16-17H,8,15,18-22H2,1H3,(H,36,37). The van der Waals surface area contributed by atoms with Crippen LogP contribution in [0.3, 0.4) is 0 Å². The number of carboxylic acid groups (broad SMARTS) is 1. The first-order valence-electron chi connectivity index (χ1n) is 13.5. The minimum atomic E-state index is -0.911. The predicted molar refractivity (Wildman–Crippen MR) is 156 cm³/mol. The van der Waals surface area contributed by atoms with Crippen molar-refractivity contribution in [3.05, 3.63) is 96.2 Å². The summed E-state index contributed by atoms with van der Waals surface area (Å²) in [6.07, 6.45) is 1.31. The van der Waals surface area contributed by atoms with Crippen LogP contribution in [-0.2, 0) is 18.2 Å². The van der Waals surface area contributed by atoms with Crippen molar-refractivity contribution < 1.29 is 19.4 Å². The quantitative estimate of drug-likeness (QED) is 0.235. The summed E-state index contributed by atoms with van der Waals surface area (Å²) in [6.45, 7) is 3.58. The molecule has 1 fully saturated rings. The van der Waals surface area contributed by atoms with Gasteiger partial charge in [-0.1, -0.05) is 72.8 Å². The number of nitrogens with zero attached hydrogens (tertiary/aromatic N) is 2. The van der Waals surface area contributed by atoms with E-state index < -0.39 is 5.97 Å². The maximum atomic E-state index is 12.5. The Hall–Kier alpha value is -4.29. The molecule has 0 amide bonds. The molecule has 1 aromatic heterocycles. The summed E-state index contributed by atoms with van der Waals surface area (Å²) in [4.78, 5) is 14.9. The monoisotopic (exact) mass is 520 g/mol. The number of benzene rings is 4. The van der Waals surface area contributed by atoms with Crippen molar-refractivity contribution in [1.29, 1.82) is 0 Å². The maximum absolute atomic E-state index is 12.5. The Balaban J connectivity index is 1.33. The summed E-state index contributed by atoms with van der Waals surface area (Å²) < 4.78 is 13.6. The lowest BCUT2D eigenvalue weighted by Crippen LogP contribution is -2.36. The normalized spacial score (nSPS) is 13.7. The van der Waals surface area contributed by atoms with Gasteiger partial charge in [-0.3, -0.25) is 0 Å². The highest BCUT2D eigenvalue weighted by Crippen LogP contribution is 2.39. The van der Waals surface area contributed by atoms with Crippen molar-refractivity contribution in [2.24, 2.45) is 7.05 Å². The van der Waals surface area contributed by atoms with Gasteiger partial charge in [-0.05, 0) is 35.9 Å². The number of hydrogen-bond acceptors (Lipinski definition) is 4. The number of aromatic nitrogens is 1. The average Bonchev–Trinajstić information content (AvgIpc) is 3.27. The van der Waals surface area contributed by atoms with Crippen LogP contribution in [0.4, 0.5) is 5.69 Å². The molecule has 0 saturated carbocycles. The van der Waals surface area contributed by atoms with Gasteiger partial charge in [0.15, 0.2) is 0 Å². The first kappa shape index (κ1) is 25.0. The average molecular weight is 521 g/mol. The van der Waals surface area contributed by atoms with Crippen LogP contribution in [0.2, 0.25) is 0 Å². The van der Waals surface area contributed by atoms with E-state index >= 15 is 0 Å². The van der Waals surface area contributed by atoms with Gasteiger partial charge in [-0.2, -0.15) is 0 Å². The van der Waals surface area contributed by atoms with E-state index in [-0.39, 0.29) is 0 Å². The van der Waals surface area contributed by atoms with Gasteiger partial charge in [0.1, 0.15) is 11.4 Å². The Morgan fingerprint density at radius 3 is 2.41 bits per heavy atom. The molecular weight excluding hydrogens is 488 g/mol. The van der Waals surface area contributed by atoms with Gasteiger partial charge >= 0.3 is 5.97 Å². The van der Waals surface area contributed by atoms with Gasteiger partial charge < -0.3 is 24.0 Å². The van der Waals surface area contributed by atoms with Gasteiger partial charge in [0.25, 0.3) is 0 Å². The molecule has 0 spiro atoms. The van der Waals surface area contributed by atoms with E-state index in [0.29, 0.717) is 38.4 Å². The smallest absolute Gasteiger partial charge is 0.352 e. The molecule has 0 unspecified atom stereocenters. The number of carbonyl (C=O) groups is 1. The van der Waals surface area contributed by atoms with E-state index in [1.54, 1.807) is 0 Å². The largest absolute Gasteiger partial charge is 0.493 e. The molecule has 1 aliphatic heterocycles. The first-order chi connectivity index (χ1) is 19.1. The Kier molecular flexibility index (Phi) is 6.95. The highest BCUT2D eigenvalue weighted by Gasteiger charge is 2.24. The zero-order valence-electron chi connectivity index (χ0n) is 22.1. The molecule has 6 heteroatoms. The summed E-state index contributed by atoms with van der Waals surface area (Å²) in [5, 5.41) is 13.5. The zero-order valence-corrected chi connectivity index (χ0v) is 22.1. The second-order valence-electron chi connectivity index (χ2n) is 9.94. The van der Waals surface area contributed by atoms with Gasteiger partial charge in [-0.25, -0.2) is 4.79 Å². The van der Waals surface area contributed by atoms with E-state index in [1.807, 2.05) is 54.1 Å². The van der Waals surface area contributed by atoms with Crippen LogP contribution in [-0.4, -0.2) is 48.6 Å². The van der Waals surface area contributed by atoms with Crippen molar-refractivity contribution >= 4 is 33.3 Å². The number of fused-ring (bicyclic) bond motifs is 2. The first-order valence-corrected chi connectivity index (χ1v) is 13.5. The molecule has 2 heterocycles.